The zero-order chi connectivity index (χ0) is 25.8. The number of ketones is 1. The molecule has 1 unspecified atom stereocenters. The molecule has 0 aliphatic carbocycles. The summed E-state index contributed by atoms with van der Waals surface area (Å²) in [5.41, 5.74) is 3.90. The van der Waals surface area contributed by atoms with Crippen molar-refractivity contribution in [3.05, 3.63) is 101 Å². The molecule has 3 aromatic carbocycles. The Kier molecular flexibility index (Phi) is 5.35. The van der Waals surface area contributed by atoms with Crippen molar-refractivity contribution in [3.63, 3.8) is 0 Å². The molecule has 37 heavy (non-hydrogen) atoms. The number of Topliss-reactive ketones (excluding diaryl/α,β-unsaturated/α-hetero) is 1. The van der Waals surface area contributed by atoms with Gasteiger partial charge < -0.3 is 14.3 Å². The summed E-state index contributed by atoms with van der Waals surface area (Å²) in [4.78, 5) is 33.5. The number of aryl methyl sites for hydroxylation is 2. The molecule has 184 valence electrons. The molecule has 0 saturated carbocycles. The molecular weight excluding hydrogens is 488 g/mol. The third-order valence-corrected chi connectivity index (χ3v) is 7.55. The molecule has 1 amide bonds. The molecule has 0 bridgehead atoms. The van der Waals surface area contributed by atoms with E-state index in [4.69, 9.17) is 14.1 Å². The number of methoxy groups -OCH3 is 1. The molecule has 1 N–H and O–H groups in total. The Labute approximate surface area is 216 Å². The molecule has 1 aliphatic rings. The molecule has 3 heterocycles. The van der Waals surface area contributed by atoms with Crippen molar-refractivity contribution in [1.29, 1.82) is 0 Å². The van der Waals surface area contributed by atoms with Crippen LogP contribution in [0.2, 0.25) is 0 Å². The Balaban J connectivity index is 1.51. The van der Waals surface area contributed by atoms with Crippen molar-refractivity contribution in [2.24, 2.45) is 0 Å². The van der Waals surface area contributed by atoms with E-state index >= 15 is 0 Å². The average molecular weight is 511 g/mol. The fourth-order valence-electron chi connectivity index (χ4n) is 4.89. The Hall–Kier alpha value is -4.43. The molecule has 0 saturated heterocycles. The molecule has 1 atom stereocenters. The second kappa shape index (κ2) is 8.60. The first-order chi connectivity index (χ1) is 17.9. The van der Waals surface area contributed by atoms with Gasteiger partial charge >= 0.3 is 0 Å². The fraction of sp³-hybridized carbons (Fsp3) is 0.138. The monoisotopic (exact) mass is 510 g/mol. The van der Waals surface area contributed by atoms with Crippen LogP contribution in [0.5, 0.6) is 5.75 Å². The number of fused-ring (bicyclic) bond motifs is 2. The highest BCUT2D eigenvalue weighted by Crippen LogP contribution is 2.45. The number of carbonyl (C=O) groups excluding carboxylic acids is 2. The molecule has 0 spiro atoms. The van der Waals surface area contributed by atoms with Crippen LogP contribution in [0.1, 0.15) is 33.3 Å². The first-order valence-corrected chi connectivity index (χ1v) is 12.5. The van der Waals surface area contributed by atoms with E-state index < -0.39 is 23.5 Å². The van der Waals surface area contributed by atoms with Crippen LogP contribution >= 0.6 is 11.3 Å². The number of carbonyl (C=O) groups is 2. The average Bonchev–Trinajstić information content (AvgIpc) is 3.58. The van der Waals surface area contributed by atoms with Gasteiger partial charge in [-0.1, -0.05) is 59.9 Å². The molecule has 2 aromatic heterocycles. The van der Waals surface area contributed by atoms with Crippen LogP contribution in [-0.2, 0) is 4.79 Å². The lowest BCUT2D eigenvalue weighted by molar-refractivity contribution is -0.117. The van der Waals surface area contributed by atoms with Crippen molar-refractivity contribution in [1.82, 2.24) is 4.98 Å². The number of furan rings is 1. The van der Waals surface area contributed by atoms with Gasteiger partial charge in [0, 0.05) is 5.39 Å². The third kappa shape index (κ3) is 3.60. The summed E-state index contributed by atoms with van der Waals surface area (Å²) in [6, 6.07) is 19.3. The maximum Gasteiger partial charge on any atom is 0.296 e. The highest BCUT2D eigenvalue weighted by molar-refractivity contribution is 7.22. The minimum Gasteiger partial charge on any atom is -0.503 e. The van der Waals surface area contributed by atoms with E-state index in [1.54, 1.807) is 24.3 Å². The van der Waals surface area contributed by atoms with Crippen LogP contribution in [-0.4, -0.2) is 28.9 Å². The van der Waals surface area contributed by atoms with E-state index in [-0.39, 0.29) is 11.3 Å². The maximum atomic E-state index is 13.9. The van der Waals surface area contributed by atoms with E-state index in [2.05, 4.69) is 0 Å². The highest BCUT2D eigenvalue weighted by Gasteiger charge is 2.46. The first-order valence-electron chi connectivity index (χ1n) is 11.7. The Bertz CT molecular complexity index is 1750. The summed E-state index contributed by atoms with van der Waals surface area (Å²) >= 11 is 1.35. The van der Waals surface area contributed by atoms with Crippen molar-refractivity contribution in [3.8, 4) is 5.75 Å². The number of anilines is 1. The van der Waals surface area contributed by atoms with E-state index in [0.717, 1.165) is 21.3 Å². The van der Waals surface area contributed by atoms with Gasteiger partial charge in [-0.05, 0) is 48.7 Å². The first kappa shape index (κ1) is 23.0. The molecule has 8 heteroatoms. The minimum absolute atomic E-state index is 0.00685. The van der Waals surface area contributed by atoms with Crippen molar-refractivity contribution < 1.29 is 23.8 Å². The topological polar surface area (TPSA) is 92.9 Å². The Morgan fingerprint density at radius 2 is 1.86 bits per heavy atom. The van der Waals surface area contributed by atoms with Gasteiger partial charge in [-0.25, -0.2) is 4.98 Å². The van der Waals surface area contributed by atoms with Crippen LogP contribution in [0.15, 0.2) is 82.5 Å². The smallest absolute Gasteiger partial charge is 0.296 e. The molecule has 1 aliphatic heterocycles. The number of aliphatic hydroxyl groups excluding tert-OH is 1. The van der Waals surface area contributed by atoms with Gasteiger partial charge in [0.15, 0.2) is 28.0 Å². The number of para-hydroxylation sites is 1. The predicted molar refractivity (Wildman–Crippen MR) is 143 cm³/mol. The second-order valence-electron chi connectivity index (χ2n) is 8.99. The van der Waals surface area contributed by atoms with Crippen molar-refractivity contribution in [2.75, 3.05) is 12.0 Å². The summed E-state index contributed by atoms with van der Waals surface area (Å²) in [5.74, 6) is -1.38. The minimum atomic E-state index is -0.877. The van der Waals surface area contributed by atoms with Crippen LogP contribution in [0, 0.1) is 13.8 Å². The molecule has 5 aromatic rings. The SMILES string of the molecule is COc1cccc2cc(C(=O)C3=C(O)C(=O)N(c4nc5c(C)cc(C)cc5s4)C3c3ccccc3)oc12. The number of nitrogens with zero attached hydrogens (tertiary/aromatic N) is 2. The van der Waals surface area contributed by atoms with Crippen LogP contribution in [0.3, 0.4) is 0 Å². The number of benzene rings is 3. The van der Waals surface area contributed by atoms with Gasteiger partial charge in [0.25, 0.3) is 5.91 Å². The summed E-state index contributed by atoms with van der Waals surface area (Å²) in [7, 11) is 1.52. The highest BCUT2D eigenvalue weighted by atomic mass is 32.1. The Morgan fingerprint density at radius 1 is 1.08 bits per heavy atom. The number of aliphatic hydroxyl groups is 1. The van der Waals surface area contributed by atoms with Gasteiger partial charge in [0.05, 0.1) is 28.9 Å². The lowest BCUT2D eigenvalue weighted by Crippen LogP contribution is -2.30. The Morgan fingerprint density at radius 3 is 2.62 bits per heavy atom. The number of hydrogen-bond acceptors (Lipinski definition) is 7. The predicted octanol–water partition coefficient (Wildman–Crippen LogP) is 6.45. The van der Waals surface area contributed by atoms with Crippen LogP contribution < -0.4 is 9.64 Å². The van der Waals surface area contributed by atoms with E-state index in [0.29, 0.717) is 27.4 Å². The fourth-order valence-corrected chi connectivity index (χ4v) is 6.06. The lowest BCUT2D eigenvalue weighted by atomic mass is 9.95. The van der Waals surface area contributed by atoms with Gasteiger partial charge in [0.1, 0.15) is 0 Å². The second-order valence-corrected chi connectivity index (χ2v) is 10.0. The van der Waals surface area contributed by atoms with E-state index in [1.807, 2.05) is 56.3 Å². The largest absolute Gasteiger partial charge is 0.503 e. The van der Waals surface area contributed by atoms with Crippen molar-refractivity contribution in [2.45, 2.75) is 19.9 Å². The van der Waals surface area contributed by atoms with Gasteiger partial charge in [-0.2, -0.15) is 0 Å². The van der Waals surface area contributed by atoms with Gasteiger partial charge in [-0.15, -0.1) is 0 Å². The van der Waals surface area contributed by atoms with Crippen LogP contribution in [0.25, 0.3) is 21.2 Å². The standard InChI is InChI=1S/C29H22N2O5S/c1-15-12-16(2)23-21(13-15)37-29(30-23)31-24(17-8-5-4-6-9-17)22(26(33)28(31)34)25(32)20-14-18-10-7-11-19(35-3)27(18)36-20/h4-14,24,33H,1-3H3. The zero-order valence-corrected chi connectivity index (χ0v) is 21.1. The molecule has 0 fully saturated rings. The number of amides is 1. The normalized spacial score (nSPS) is 15.8. The number of hydrogen-bond donors (Lipinski definition) is 1. The van der Waals surface area contributed by atoms with Gasteiger partial charge in [-0.3, -0.25) is 14.5 Å². The summed E-state index contributed by atoms with van der Waals surface area (Å²) in [6.45, 7) is 3.98. The summed E-state index contributed by atoms with van der Waals surface area (Å²) < 4.78 is 12.2. The quantitative estimate of drug-likeness (QED) is 0.273. The number of ether oxygens (including phenoxy) is 1. The van der Waals surface area contributed by atoms with Crippen molar-refractivity contribution >= 4 is 49.3 Å². The number of aromatic nitrogens is 1. The zero-order valence-electron chi connectivity index (χ0n) is 20.3. The molecule has 7 nitrogen and oxygen atoms in total. The number of rotatable bonds is 5. The lowest BCUT2D eigenvalue weighted by Gasteiger charge is -2.24. The summed E-state index contributed by atoms with van der Waals surface area (Å²) in [6.07, 6.45) is 0. The number of thiazole rings is 1. The molecule has 0 radical (unpaired) electrons. The maximum absolute atomic E-state index is 13.9. The van der Waals surface area contributed by atoms with Crippen LogP contribution in [0.4, 0.5) is 5.13 Å². The van der Waals surface area contributed by atoms with E-state index in [9.17, 15) is 14.7 Å². The van der Waals surface area contributed by atoms with Gasteiger partial charge in [0.2, 0.25) is 5.78 Å². The molecule has 6 rings (SSSR count). The summed E-state index contributed by atoms with van der Waals surface area (Å²) in [5, 5.41) is 12.2. The van der Waals surface area contributed by atoms with E-state index in [1.165, 1.54) is 23.3 Å². The molecular formula is C29H22N2O5S. The third-order valence-electron chi connectivity index (χ3n) is 6.54.